The van der Waals surface area contributed by atoms with Gasteiger partial charge in [-0.1, -0.05) is 24.7 Å². The van der Waals surface area contributed by atoms with Gasteiger partial charge in [-0.25, -0.2) is 4.98 Å². The predicted molar refractivity (Wildman–Crippen MR) is 240 cm³/mol. The van der Waals surface area contributed by atoms with Crippen molar-refractivity contribution in [3.8, 4) is 5.75 Å². The molecule has 1 heterocycles. The average molecular weight is 892 g/mol. The summed E-state index contributed by atoms with van der Waals surface area (Å²) >= 11 is 1.20. The molecule has 3 N–H and O–H groups in total. The van der Waals surface area contributed by atoms with E-state index in [0.717, 1.165) is 17.7 Å². The molecule has 0 bridgehead atoms. The molecule has 4 aromatic rings. The highest BCUT2D eigenvalue weighted by atomic mass is 32.1. The number of fused-ring (bicyclic) bond motifs is 1. The maximum atomic E-state index is 12.6. The number of unbranched alkanes of at least 4 members (excludes halogenated alkanes) is 2. The van der Waals surface area contributed by atoms with Crippen molar-refractivity contribution in [1.82, 2.24) is 20.9 Å². The van der Waals surface area contributed by atoms with Gasteiger partial charge in [0.1, 0.15) is 17.5 Å². The van der Waals surface area contributed by atoms with E-state index in [1.54, 1.807) is 18.2 Å². The van der Waals surface area contributed by atoms with Gasteiger partial charge in [0.2, 0.25) is 22.9 Å². The molecule has 3 aromatic carbocycles. The number of benzene rings is 3. The van der Waals surface area contributed by atoms with E-state index in [0.29, 0.717) is 90.0 Å². The van der Waals surface area contributed by atoms with Crippen molar-refractivity contribution < 1.29 is 41.1 Å². The third-order valence-electron chi connectivity index (χ3n) is 9.43. The Kier molecular flexibility index (Phi) is 19.1. The Bertz CT molecular complexity index is 2280. The Balaban J connectivity index is 1.16. The monoisotopic (exact) mass is 891 g/mol. The number of azo groups is 2. The standard InChI is InChI=1S/C43H56N10O9S/c1-6-21-44-40(55)18-19-42(57)62-33(28-60-4)27-46-39(54)11-9-8-10-22-45-41(56)20-23-52(7-2)31-14-12-30(13-15-31)48-50-36-24-29(3)35(26-37(36)61-5)49-51-43-47-34-17-16-32(53(58)59)25-38(34)63-43/h12-17,24-26,33H,6-11,18-23,27-28H2,1-5H3,(H,44,55)(H,45,56)(H,46,54)/i4TD. The molecule has 19 nitrogen and oxygen atoms in total. The molecule has 0 aliphatic heterocycles. The first-order chi connectivity index (χ1) is 31.3. The number of hydrogen-bond acceptors (Lipinski definition) is 16. The molecular weight excluding hydrogens is 833 g/mol. The van der Waals surface area contributed by atoms with Gasteiger partial charge in [-0.3, -0.25) is 29.3 Å². The van der Waals surface area contributed by atoms with Gasteiger partial charge < -0.3 is 35.1 Å². The predicted octanol–water partition coefficient (Wildman–Crippen LogP) is 8.23. The number of rotatable bonds is 27. The molecule has 20 heteroatoms. The molecule has 0 radical (unpaired) electrons. The van der Waals surface area contributed by atoms with Crippen molar-refractivity contribution >= 4 is 78.8 Å². The third-order valence-corrected chi connectivity index (χ3v) is 10.3. The van der Waals surface area contributed by atoms with E-state index in [1.165, 1.54) is 30.6 Å². The second-order valence-corrected chi connectivity index (χ2v) is 15.2. The lowest BCUT2D eigenvalue weighted by Crippen LogP contribution is -2.37. The maximum absolute atomic E-state index is 12.6. The highest BCUT2D eigenvalue weighted by Gasteiger charge is 2.17. The fourth-order valence-electron chi connectivity index (χ4n) is 5.99. The zero-order chi connectivity index (χ0) is 47.1. The van der Waals surface area contributed by atoms with Crippen LogP contribution in [-0.2, 0) is 28.7 Å². The van der Waals surface area contributed by atoms with Crippen LogP contribution < -0.4 is 25.6 Å². The lowest BCUT2D eigenvalue weighted by molar-refractivity contribution is -0.384. The minimum absolute atomic E-state index is 0.0205. The van der Waals surface area contributed by atoms with Crippen LogP contribution in [0.4, 0.5) is 33.6 Å². The maximum Gasteiger partial charge on any atom is 0.306 e. The summed E-state index contributed by atoms with van der Waals surface area (Å²) in [5, 5.41) is 37.2. The van der Waals surface area contributed by atoms with Crippen molar-refractivity contribution in [2.75, 3.05) is 58.4 Å². The van der Waals surface area contributed by atoms with E-state index >= 15 is 0 Å². The Morgan fingerprint density at radius 1 is 0.905 bits per heavy atom. The van der Waals surface area contributed by atoms with E-state index in [2.05, 4.69) is 46.3 Å². The lowest BCUT2D eigenvalue weighted by Gasteiger charge is -2.23. The van der Waals surface area contributed by atoms with Crippen LogP contribution in [0, 0.1) is 17.0 Å². The Morgan fingerprint density at radius 3 is 2.38 bits per heavy atom. The van der Waals surface area contributed by atoms with Crippen molar-refractivity contribution in [2.24, 2.45) is 20.5 Å². The smallest absolute Gasteiger partial charge is 0.306 e. The normalized spacial score (nSPS) is 12.7. The number of carbonyl (C=O) groups excluding carboxylic acids is 4. The molecule has 0 saturated heterocycles. The van der Waals surface area contributed by atoms with Crippen LogP contribution in [0.15, 0.2) is 75.1 Å². The van der Waals surface area contributed by atoms with E-state index in [1.807, 2.05) is 45.0 Å². The molecule has 338 valence electrons. The number of nitro benzene ring substituents is 1. The number of thiazole rings is 1. The Labute approximate surface area is 373 Å². The summed E-state index contributed by atoms with van der Waals surface area (Å²) in [6, 6.07) is 15.4. The number of amides is 3. The number of hydrogen-bond donors (Lipinski definition) is 3. The van der Waals surface area contributed by atoms with Gasteiger partial charge in [-0.15, -0.1) is 15.3 Å². The Hall–Kier alpha value is -6.41. The summed E-state index contributed by atoms with van der Waals surface area (Å²) in [5.41, 5.74) is 3.91. The zero-order valence-electron chi connectivity index (χ0n) is 38.0. The van der Waals surface area contributed by atoms with Gasteiger partial charge in [-0.2, -0.15) is 5.11 Å². The second kappa shape index (κ2) is 26.2. The molecule has 0 aliphatic rings. The van der Waals surface area contributed by atoms with Gasteiger partial charge >= 0.3 is 5.97 Å². The van der Waals surface area contributed by atoms with Crippen molar-refractivity contribution in [3.05, 3.63) is 70.3 Å². The second-order valence-electron chi connectivity index (χ2n) is 14.2. The highest BCUT2D eigenvalue weighted by molar-refractivity contribution is 7.21. The van der Waals surface area contributed by atoms with Gasteiger partial charge in [0.25, 0.3) is 5.69 Å². The quantitative estimate of drug-likeness (QED) is 0.0169. The molecule has 0 aliphatic carbocycles. The van der Waals surface area contributed by atoms with Crippen LogP contribution in [0.5, 0.6) is 5.75 Å². The molecule has 0 saturated carbocycles. The van der Waals surface area contributed by atoms with Gasteiger partial charge in [0.15, 0.2) is 0 Å². The van der Waals surface area contributed by atoms with Crippen LogP contribution in [-0.4, -0.2) is 93.2 Å². The minimum Gasteiger partial charge on any atom is -0.494 e. The molecular formula is C43H56N10O9S. The number of nitrogens with one attached hydrogen (secondary N) is 3. The number of nitro groups is 1. The van der Waals surface area contributed by atoms with Crippen LogP contribution in [0.25, 0.3) is 10.2 Å². The molecule has 4 rings (SSSR count). The summed E-state index contributed by atoms with van der Waals surface area (Å²) in [5.74, 6) is -0.820. The van der Waals surface area contributed by atoms with Crippen LogP contribution in [0.1, 0.15) is 73.5 Å². The number of aromatic nitrogens is 1. The number of anilines is 1. The van der Waals surface area contributed by atoms with Crippen LogP contribution >= 0.6 is 11.3 Å². The van der Waals surface area contributed by atoms with Gasteiger partial charge in [0.05, 0.1) is 55.9 Å². The topological polar surface area (TPSA) is 241 Å². The largest absolute Gasteiger partial charge is 0.494 e. The van der Waals surface area contributed by atoms with Crippen molar-refractivity contribution in [2.45, 2.75) is 78.2 Å². The van der Waals surface area contributed by atoms with E-state index in [9.17, 15) is 29.3 Å². The number of ether oxygens (including phenoxy) is 3. The van der Waals surface area contributed by atoms with Gasteiger partial charge in [0, 0.05) is 76.4 Å². The minimum atomic E-state index is -1.58. The highest BCUT2D eigenvalue weighted by Crippen LogP contribution is 2.38. The molecule has 0 spiro atoms. The van der Waals surface area contributed by atoms with Crippen LogP contribution in [0.3, 0.4) is 0 Å². The number of carbonyl (C=O) groups is 4. The summed E-state index contributed by atoms with van der Waals surface area (Å²) in [4.78, 5) is 66.2. The molecule has 2 unspecified atom stereocenters. The molecule has 63 heavy (non-hydrogen) atoms. The summed E-state index contributed by atoms with van der Waals surface area (Å²) in [6.45, 7) is 7.64. The number of non-ortho nitro benzene ring substituents is 1. The Morgan fingerprint density at radius 2 is 1.65 bits per heavy atom. The summed E-state index contributed by atoms with van der Waals surface area (Å²) < 4.78 is 30.9. The first-order valence-electron chi connectivity index (χ1n) is 21.8. The van der Waals surface area contributed by atoms with Crippen LogP contribution in [0.2, 0.25) is 0 Å². The number of nitrogens with zero attached hydrogens (tertiary/aromatic N) is 7. The molecule has 0 fully saturated rings. The van der Waals surface area contributed by atoms with E-state index < -0.39 is 24.1 Å². The third kappa shape index (κ3) is 16.8. The van der Waals surface area contributed by atoms with E-state index in [-0.39, 0.29) is 55.8 Å². The number of methoxy groups -OCH3 is 2. The lowest BCUT2D eigenvalue weighted by atomic mass is 10.1. The van der Waals surface area contributed by atoms with E-state index in [4.69, 9.17) is 17.0 Å². The van der Waals surface area contributed by atoms with Gasteiger partial charge in [-0.05, 0) is 75.1 Å². The summed E-state index contributed by atoms with van der Waals surface area (Å²) in [7, 11) is -0.0644. The summed E-state index contributed by atoms with van der Waals surface area (Å²) in [6.07, 6.45) is 2.16. The number of esters is 1. The molecule has 3 amide bonds. The number of aryl methyl sites for hydroxylation is 1. The average Bonchev–Trinajstić information content (AvgIpc) is 3.71. The zero-order valence-corrected chi connectivity index (χ0v) is 36.8. The molecule has 1 aromatic heterocycles. The first kappa shape index (κ1) is 46.1. The first-order valence-corrected chi connectivity index (χ1v) is 21.5. The van der Waals surface area contributed by atoms with Crippen molar-refractivity contribution in [1.29, 1.82) is 0 Å². The fraction of sp³-hybridized carbons (Fsp3) is 0.465. The van der Waals surface area contributed by atoms with Crippen molar-refractivity contribution in [3.63, 3.8) is 0 Å². The molecule has 2 atom stereocenters. The fourth-order valence-corrected chi connectivity index (χ4v) is 6.81. The SMILES string of the molecule is [2H]C([3H])OCC(CNC(=O)CCCCCNC(=O)CCN(CC)c1ccc(N=Nc2cc(C)c(N=Nc3nc4ccc([N+](=O)[O-])cc4s3)cc2OC)cc1)OC(=O)CCC(=O)NCCC.